The molecule has 0 amide bonds. The van der Waals surface area contributed by atoms with Gasteiger partial charge in [-0.3, -0.25) is 0 Å². The second kappa shape index (κ2) is 4.78. The van der Waals surface area contributed by atoms with E-state index in [4.69, 9.17) is 5.73 Å². The van der Waals surface area contributed by atoms with Crippen molar-refractivity contribution in [2.75, 3.05) is 5.73 Å². The van der Waals surface area contributed by atoms with Crippen LogP contribution in [0.3, 0.4) is 0 Å². The molecule has 94 valence electrons. The summed E-state index contributed by atoms with van der Waals surface area (Å²) in [5, 5.41) is 9.72. The van der Waals surface area contributed by atoms with E-state index in [1.165, 1.54) is 23.5 Å². The zero-order valence-electron chi connectivity index (χ0n) is 9.88. The van der Waals surface area contributed by atoms with Crippen molar-refractivity contribution < 1.29 is 4.39 Å². The highest BCUT2D eigenvalue weighted by Crippen LogP contribution is 2.30. The molecule has 0 saturated heterocycles. The van der Waals surface area contributed by atoms with Crippen molar-refractivity contribution in [1.29, 1.82) is 0 Å². The maximum atomic E-state index is 13.2. The normalized spacial score (nSPS) is 10.6. The second-order valence-corrected chi connectivity index (χ2v) is 5.02. The quantitative estimate of drug-likeness (QED) is 0.725. The lowest BCUT2D eigenvalue weighted by molar-refractivity contribution is 0.628. The zero-order chi connectivity index (χ0) is 13.2. The van der Waals surface area contributed by atoms with E-state index in [2.05, 4.69) is 10.2 Å². The third-order valence-electron chi connectivity index (χ3n) is 2.65. The summed E-state index contributed by atoms with van der Waals surface area (Å²) in [6.45, 7) is 0. The number of benzene rings is 2. The van der Waals surface area contributed by atoms with E-state index in [1.54, 1.807) is 6.07 Å². The number of nitrogens with two attached hydrogens (primary N) is 1. The van der Waals surface area contributed by atoms with Crippen LogP contribution in [0.5, 0.6) is 0 Å². The van der Waals surface area contributed by atoms with Gasteiger partial charge in [0, 0.05) is 16.8 Å². The average molecular weight is 271 g/mol. The Kier molecular flexibility index (Phi) is 2.97. The molecule has 2 aromatic carbocycles. The Balaban J connectivity index is 1.97. The van der Waals surface area contributed by atoms with Crippen molar-refractivity contribution in [1.82, 2.24) is 10.2 Å². The Morgan fingerprint density at radius 2 is 1.58 bits per heavy atom. The van der Waals surface area contributed by atoms with Gasteiger partial charge < -0.3 is 5.73 Å². The van der Waals surface area contributed by atoms with Crippen LogP contribution >= 0.6 is 11.3 Å². The fourth-order valence-corrected chi connectivity index (χ4v) is 2.55. The van der Waals surface area contributed by atoms with Gasteiger partial charge >= 0.3 is 0 Å². The lowest BCUT2D eigenvalue weighted by atomic mass is 10.2. The fraction of sp³-hybridized carbons (Fsp3) is 0. The monoisotopic (exact) mass is 271 g/mol. The molecular formula is C14H10FN3S. The van der Waals surface area contributed by atoms with Gasteiger partial charge in [-0.05, 0) is 36.4 Å². The third kappa shape index (κ3) is 2.46. The van der Waals surface area contributed by atoms with Gasteiger partial charge in [0.15, 0.2) is 0 Å². The van der Waals surface area contributed by atoms with Crippen LogP contribution in [0.25, 0.3) is 21.1 Å². The van der Waals surface area contributed by atoms with Crippen LogP contribution < -0.4 is 5.73 Å². The molecule has 19 heavy (non-hydrogen) atoms. The van der Waals surface area contributed by atoms with Crippen LogP contribution in [0.2, 0.25) is 0 Å². The number of nitrogen functional groups attached to an aromatic ring is 1. The molecule has 0 aliphatic heterocycles. The number of hydrogen-bond donors (Lipinski definition) is 1. The van der Waals surface area contributed by atoms with Gasteiger partial charge in [-0.1, -0.05) is 23.5 Å². The van der Waals surface area contributed by atoms with Gasteiger partial charge in [0.1, 0.15) is 15.8 Å². The maximum absolute atomic E-state index is 13.2. The van der Waals surface area contributed by atoms with Crippen LogP contribution in [0.1, 0.15) is 0 Å². The summed E-state index contributed by atoms with van der Waals surface area (Å²) >= 11 is 1.42. The molecule has 3 aromatic rings. The molecule has 0 bridgehead atoms. The Labute approximate surface area is 113 Å². The van der Waals surface area contributed by atoms with Crippen LogP contribution in [-0.2, 0) is 0 Å². The Morgan fingerprint density at radius 3 is 2.26 bits per heavy atom. The first kappa shape index (κ1) is 11.8. The number of nitrogens with zero attached hydrogens (tertiary/aromatic N) is 2. The molecule has 0 aliphatic carbocycles. The third-order valence-corrected chi connectivity index (χ3v) is 3.68. The van der Waals surface area contributed by atoms with Crippen molar-refractivity contribution in [2.24, 2.45) is 0 Å². The molecule has 1 aromatic heterocycles. The molecule has 0 fully saturated rings. The predicted octanol–water partition coefficient (Wildman–Crippen LogP) is 3.59. The minimum Gasteiger partial charge on any atom is -0.399 e. The van der Waals surface area contributed by atoms with Crippen LogP contribution in [0, 0.1) is 5.82 Å². The number of anilines is 1. The van der Waals surface area contributed by atoms with Gasteiger partial charge in [-0.2, -0.15) is 0 Å². The van der Waals surface area contributed by atoms with Crippen molar-refractivity contribution >= 4 is 17.0 Å². The highest BCUT2D eigenvalue weighted by atomic mass is 32.1. The summed E-state index contributed by atoms with van der Waals surface area (Å²) < 4.78 is 13.2. The van der Waals surface area contributed by atoms with E-state index in [0.29, 0.717) is 10.7 Å². The molecule has 3 nitrogen and oxygen atoms in total. The standard InChI is InChI=1S/C14H10FN3S/c15-11-3-1-2-10(8-11)14-18-17-13(19-14)9-4-6-12(16)7-5-9/h1-8H,16H2. The molecule has 0 aliphatic rings. The number of hydrogen-bond acceptors (Lipinski definition) is 4. The van der Waals surface area contributed by atoms with E-state index in [1.807, 2.05) is 30.3 Å². The first-order valence-corrected chi connectivity index (χ1v) is 6.49. The first-order valence-electron chi connectivity index (χ1n) is 5.68. The minimum atomic E-state index is -0.276. The lowest BCUT2D eigenvalue weighted by Gasteiger charge is -1.96. The van der Waals surface area contributed by atoms with Crippen molar-refractivity contribution in [3.63, 3.8) is 0 Å². The van der Waals surface area contributed by atoms with Gasteiger partial charge in [0.05, 0.1) is 0 Å². The molecular weight excluding hydrogens is 261 g/mol. The molecule has 5 heteroatoms. The van der Waals surface area contributed by atoms with Crippen molar-refractivity contribution in [3.8, 4) is 21.1 Å². The molecule has 0 unspecified atom stereocenters. The smallest absolute Gasteiger partial charge is 0.148 e. The van der Waals surface area contributed by atoms with Crippen molar-refractivity contribution in [2.45, 2.75) is 0 Å². The predicted molar refractivity (Wildman–Crippen MR) is 75.2 cm³/mol. The number of aromatic nitrogens is 2. The first-order chi connectivity index (χ1) is 9.22. The zero-order valence-corrected chi connectivity index (χ0v) is 10.7. The number of halogens is 1. The summed E-state index contributed by atoms with van der Waals surface area (Å²) in [5.41, 5.74) is 8.04. The Hall–Kier alpha value is -2.27. The second-order valence-electron chi connectivity index (χ2n) is 4.04. The van der Waals surface area contributed by atoms with Gasteiger partial charge in [0.2, 0.25) is 0 Å². The number of rotatable bonds is 2. The molecule has 2 N–H and O–H groups in total. The van der Waals surface area contributed by atoms with E-state index in [9.17, 15) is 4.39 Å². The van der Waals surface area contributed by atoms with E-state index in [0.717, 1.165) is 16.1 Å². The molecule has 0 atom stereocenters. The minimum absolute atomic E-state index is 0.276. The van der Waals surface area contributed by atoms with E-state index >= 15 is 0 Å². The molecule has 0 saturated carbocycles. The topological polar surface area (TPSA) is 51.8 Å². The SMILES string of the molecule is Nc1ccc(-c2nnc(-c3cccc(F)c3)s2)cc1. The van der Waals surface area contributed by atoms with Crippen LogP contribution in [0.4, 0.5) is 10.1 Å². The molecule has 3 rings (SSSR count). The largest absolute Gasteiger partial charge is 0.399 e. The van der Waals surface area contributed by atoms with Crippen LogP contribution in [0.15, 0.2) is 48.5 Å². The lowest BCUT2D eigenvalue weighted by Crippen LogP contribution is -1.83. The Morgan fingerprint density at radius 1 is 0.895 bits per heavy atom. The van der Waals surface area contributed by atoms with Crippen molar-refractivity contribution in [3.05, 3.63) is 54.3 Å². The average Bonchev–Trinajstić information content (AvgIpc) is 2.89. The summed E-state index contributed by atoms with van der Waals surface area (Å²) in [5.74, 6) is -0.276. The Bertz CT molecular complexity index is 707. The fourth-order valence-electron chi connectivity index (χ4n) is 1.70. The maximum Gasteiger partial charge on any atom is 0.148 e. The van der Waals surface area contributed by atoms with Gasteiger partial charge in [-0.15, -0.1) is 10.2 Å². The summed E-state index contributed by atoms with van der Waals surface area (Å²) in [6.07, 6.45) is 0. The highest BCUT2D eigenvalue weighted by molar-refractivity contribution is 7.17. The van der Waals surface area contributed by atoms with E-state index < -0.39 is 0 Å². The molecule has 0 radical (unpaired) electrons. The summed E-state index contributed by atoms with van der Waals surface area (Å²) in [6, 6.07) is 13.8. The highest BCUT2D eigenvalue weighted by Gasteiger charge is 2.08. The summed E-state index contributed by atoms with van der Waals surface area (Å²) in [7, 11) is 0. The van der Waals surface area contributed by atoms with Crippen LogP contribution in [-0.4, -0.2) is 10.2 Å². The summed E-state index contributed by atoms with van der Waals surface area (Å²) in [4.78, 5) is 0. The molecule has 0 spiro atoms. The van der Waals surface area contributed by atoms with Gasteiger partial charge in [0.25, 0.3) is 0 Å². The van der Waals surface area contributed by atoms with Gasteiger partial charge in [-0.25, -0.2) is 4.39 Å². The van der Waals surface area contributed by atoms with E-state index in [-0.39, 0.29) is 5.82 Å². The molecule has 1 heterocycles.